The molecular weight excluding hydrogens is 416 g/mol. The van der Waals surface area contributed by atoms with Crippen molar-refractivity contribution in [3.63, 3.8) is 0 Å². The molecule has 3 aromatic heterocycles. The number of rotatable bonds is 6. The SMILES string of the molecule is C[C@@H](Cc1nnc(SCc2nc3sc4c(c3c(=O)[nH]2)CCCC4)o1)c1ccccc1. The molecule has 0 amide bonds. The summed E-state index contributed by atoms with van der Waals surface area (Å²) < 4.78 is 5.81. The molecule has 8 heteroatoms. The van der Waals surface area contributed by atoms with E-state index >= 15 is 0 Å². The Morgan fingerprint density at radius 3 is 2.90 bits per heavy atom. The predicted molar refractivity (Wildman–Crippen MR) is 119 cm³/mol. The molecule has 1 aliphatic carbocycles. The van der Waals surface area contributed by atoms with Crippen LogP contribution in [0.5, 0.6) is 0 Å². The van der Waals surface area contributed by atoms with Gasteiger partial charge < -0.3 is 9.40 Å². The Morgan fingerprint density at radius 1 is 1.20 bits per heavy atom. The third-order valence-corrected chi connectivity index (χ3v) is 7.52. The van der Waals surface area contributed by atoms with Crippen LogP contribution in [-0.2, 0) is 25.0 Å². The molecule has 1 aliphatic rings. The number of thiophene rings is 1. The van der Waals surface area contributed by atoms with Gasteiger partial charge in [-0.05, 0) is 42.7 Å². The van der Waals surface area contributed by atoms with E-state index in [0.717, 1.165) is 29.5 Å². The smallest absolute Gasteiger partial charge is 0.277 e. The van der Waals surface area contributed by atoms with Gasteiger partial charge >= 0.3 is 0 Å². The zero-order valence-corrected chi connectivity index (χ0v) is 18.3. The highest BCUT2D eigenvalue weighted by molar-refractivity contribution is 7.98. The topological polar surface area (TPSA) is 84.7 Å². The molecule has 5 rings (SSSR count). The van der Waals surface area contributed by atoms with Gasteiger partial charge in [-0.2, -0.15) is 0 Å². The first kappa shape index (κ1) is 19.5. The molecular formula is C22H22N4O2S2. The molecule has 0 aliphatic heterocycles. The van der Waals surface area contributed by atoms with Crippen LogP contribution in [0, 0.1) is 0 Å². The van der Waals surface area contributed by atoms with Crippen molar-refractivity contribution >= 4 is 33.3 Å². The Kier molecular flexibility index (Phi) is 5.43. The Labute approximate surface area is 182 Å². The molecule has 154 valence electrons. The minimum atomic E-state index is -0.0297. The lowest BCUT2D eigenvalue weighted by atomic mass is 9.97. The summed E-state index contributed by atoms with van der Waals surface area (Å²) in [4.78, 5) is 22.5. The number of aromatic amines is 1. The zero-order chi connectivity index (χ0) is 20.5. The number of thioether (sulfide) groups is 1. The summed E-state index contributed by atoms with van der Waals surface area (Å²) in [6.07, 6.45) is 5.09. The van der Waals surface area contributed by atoms with E-state index in [2.05, 4.69) is 34.2 Å². The van der Waals surface area contributed by atoms with E-state index < -0.39 is 0 Å². The van der Waals surface area contributed by atoms with Crippen molar-refractivity contribution < 1.29 is 4.42 Å². The van der Waals surface area contributed by atoms with Gasteiger partial charge in [-0.3, -0.25) is 4.79 Å². The van der Waals surface area contributed by atoms with Crippen molar-refractivity contribution in [2.24, 2.45) is 0 Å². The molecule has 0 unspecified atom stereocenters. The second-order valence-corrected chi connectivity index (χ2v) is 9.68. The van der Waals surface area contributed by atoms with E-state index in [4.69, 9.17) is 9.40 Å². The number of nitrogens with zero attached hydrogens (tertiary/aromatic N) is 3. The van der Waals surface area contributed by atoms with Crippen LogP contribution in [0.2, 0.25) is 0 Å². The summed E-state index contributed by atoms with van der Waals surface area (Å²) in [6, 6.07) is 10.3. The van der Waals surface area contributed by atoms with E-state index in [1.807, 2.05) is 18.2 Å². The van der Waals surface area contributed by atoms with Gasteiger partial charge in [0.25, 0.3) is 10.8 Å². The predicted octanol–water partition coefficient (Wildman–Crippen LogP) is 4.88. The monoisotopic (exact) mass is 438 g/mol. The van der Waals surface area contributed by atoms with Crippen LogP contribution in [0.3, 0.4) is 0 Å². The van der Waals surface area contributed by atoms with Gasteiger partial charge in [0, 0.05) is 11.3 Å². The van der Waals surface area contributed by atoms with Crippen molar-refractivity contribution in [1.29, 1.82) is 0 Å². The van der Waals surface area contributed by atoms with Gasteiger partial charge in [-0.15, -0.1) is 21.5 Å². The summed E-state index contributed by atoms with van der Waals surface area (Å²) in [5.74, 6) is 2.06. The third-order valence-electron chi connectivity index (χ3n) is 5.50. The fraction of sp³-hybridized carbons (Fsp3) is 0.364. The van der Waals surface area contributed by atoms with Crippen LogP contribution >= 0.6 is 23.1 Å². The molecule has 0 fully saturated rings. The fourth-order valence-corrected chi connectivity index (χ4v) is 5.88. The number of hydrogen-bond donors (Lipinski definition) is 1. The Hall–Kier alpha value is -2.45. The Balaban J connectivity index is 1.27. The molecule has 6 nitrogen and oxygen atoms in total. The van der Waals surface area contributed by atoms with Crippen LogP contribution in [-0.4, -0.2) is 20.2 Å². The summed E-state index contributed by atoms with van der Waals surface area (Å²) >= 11 is 3.07. The van der Waals surface area contributed by atoms with E-state index in [0.29, 0.717) is 35.0 Å². The fourth-order valence-electron chi connectivity index (χ4n) is 3.95. The maximum atomic E-state index is 12.7. The minimum Gasteiger partial charge on any atom is -0.416 e. The Bertz CT molecular complexity index is 1230. The summed E-state index contributed by atoms with van der Waals surface area (Å²) in [6.45, 7) is 2.15. The van der Waals surface area contributed by atoms with Gasteiger partial charge in [0.05, 0.1) is 11.1 Å². The lowest BCUT2D eigenvalue weighted by Crippen LogP contribution is -2.12. The second kappa shape index (κ2) is 8.35. The maximum absolute atomic E-state index is 12.7. The lowest BCUT2D eigenvalue weighted by molar-refractivity contribution is 0.404. The molecule has 1 atom stereocenters. The van der Waals surface area contributed by atoms with Crippen molar-refractivity contribution in [2.45, 2.75) is 55.9 Å². The van der Waals surface area contributed by atoms with Crippen LogP contribution < -0.4 is 5.56 Å². The first-order valence-corrected chi connectivity index (χ1v) is 12.0. The van der Waals surface area contributed by atoms with E-state index in [9.17, 15) is 4.79 Å². The number of hydrogen-bond acceptors (Lipinski definition) is 7. The Morgan fingerprint density at radius 2 is 2.03 bits per heavy atom. The average Bonchev–Trinajstić information content (AvgIpc) is 3.37. The number of H-pyrrole nitrogens is 1. The number of fused-ring (bicyclic) bond motifs is 3. The molecule has 4 aromatic rings. The molecule has 3 heterocycles. The highest BCUT2D eigenvalue weighted by Crippen LogP contribution is 2.34. The number of nitrogens with one attached hydrogen (secondary N) is 1. The quantitative estimate of drug-likeness (QED) is 0.432. The van der Waals surface area contributed by atoms with Gasteiger partial charge in [0.2, 0.25) is 5.89 Å². The average molecular weight is 439 g/mol. The molecule has 0 saturated heterocycles. The van der Waals surface area contributed by atoms with Crippen LogP contribution in [0.4, 0.5) is 0 Å². The first-order valence-electron chi connectivity index (χ1n) is 10.2. The van der Waals surface area contributed by atoms with Gasteiger partial charge in [-0.25, -0.2) is 4.98 Å². The van der Waals surface area contributed by atoms with Crippen molar-refractivity contribution in [3.05, 3.63) is 68.4 Å². The molecule has 1 N–H and O–H groups in total. The summed E-state index contributed by atoms with van der Waals surface area (Å²) in [5, 5.41) is 9.61. The number of benzene rings is 1. The molecule has 0 spiro atoms. The first-order chi connectivity index (χ1) is 14.7. The molecule has 0 saturated carbocycles. The molecule has 0 radical (unpaired) electrons. The second-order valence-electron chi connectivity index (χ2n) is 7.67. The van der Waals surface area contributed by atoms with E-state index in [-0.39, 0.29) is 5.56 Å². The molecule has 0 bridgehead atoms. The summed E-state index contributed by atoms with van der Waals surface area (Å²) in [5.41, 5.74) is 2.43. The van der Waals surface area contributed by atoms with E-state index in [1.54, 1.807) is 11.3 Å². The van der Waals surface area contributed by atoms with Crippen molar-refractivity contribution in [1.82, 2.24) is 20.2 Å². The minimum absolute atomic E-state index is 0.0297. The van der Waals surface area contributed by atoms with Gasteiger partial charge in [0.1, 0.15) is 10.7 Å². The van der Waals surface area contributed by atoms with Crippen LogP contribution in [0.15, 0.2) is 44.8 Å². The van der Waals surface area contributed by atoms with Crippen molar-refractivity contribution in [2.75, 3.05) is 0 Å². The van der Waals surface area contributed by atoms with Gasteiger partial charge in [-0.1, -0.05) is 49.0 Å². The normalized spacial score (nSPS) is 14.7. The van der Waals surface area contributed by atoms with Crippen molar-refractivity contribution in [3.8, 4) is 0 Å². The lowest BCUT2D eigenvalue weighted by Gasteiger charge is -2.09. The zero-order valence-electron chi connectivity index (χ0n) is 16.7. The number of aryl methyl sites for hydroxylation is 2. The number of aromatic nitrogens is 4. The third kappa shape index (κ3) is 3.94. The van der Waals surface area contributed by atoms with Crippen LogP contribution in [0.1, 0.15) is 53.4 Å². The van der Waals surface area contributed by atoms with Gasteiger partial charge in [0.15, 0.2) is 0 Å². The standard InChI is InChI=1S/C22H22N4O2S2/c1-13(14-7-3-2-4-8-14)11-18-25-26-22(28-18)29-12-17-23-20(27)19-15-9-5-6-10-16(15)30-21(19)24-17/h2-4,7-8,13H,5-6,9-12H2,1H3,(H,23,24,27)/t13-/m0/s1. The maximum Gasteiger partial charge on any atom is 0.277 e. The molecule has 30 heavy (non-hydrogen) atoms. The molecule has 1 aromatic carbocycles. The highest BCUT2D eigenvalue weighted by Gasteiger charge is 2.20. The van der Waals surface area contributed by atoms with E-state index in [1.165, 1.54) is 34.2 Å². The summed E-state index contributed by atoms with van der Waals surface area (Å²) in [7, 11) is 0. The highest BCUT2D eigenvalue weighted by atomic mass is 32.2. The van der Waals surface area contributed by atoms with Crippen LogP contribution in [0.25, 0.3) is 10.2 Å². The largest absolute Gasteiger partial charge is 0.416 e.